The van der Waals surface area contributed by atoms with Crippen molar-refractivity contribution in [3.63, 3.8) is 0 Å². The van der Waals surface area contributed by atoms with Crippen molar-refractivity contribution in [2.75, 3.05) is 6.61 Å². The molecule has 14 heteroatoms. The Kier molecular flexibility index (Phi) is 10.0. The Balaban J connectivity index is 1.55. The summed E-state index contributed by atoms with van der Waals surface area (Å²) in [6.45, 7) is 2.50. The van der Waals surface area contributed by atoms with E-state index in [2.05, 4.69) is 21.3 Å². The summed E-state index contributed by atoms with van der Waals surface area (Å²) in [6, 6.07) is 8.64. The number of ether oxygens (including phenoxy) is 3. The maximum Gasteiger partial charge on any atom is 0.573 e. The fourth-order valence-electron chi connectivity index (χ4n) is 4.00. The molecule has 46 heavy (non-hydrogen) atoms. The van der Waals surface area contributed by atoms with Crippen molar-refractivity contribution in [2.24, 2.45) is 0 Å². The summed E-state index contributed by atoms with van der Waals surface area (Å²) in [7, 11) is 0. The summed E-state index contributed by atoms with van der Waals surface area (Å²) in [5.41, 5.74) is -2.89. The minimum Gasteiger partial charge on any atom is -0.494 e. The topological polar surface area (TPSA) is 27.7 Å². The monoisotopic (exact) mass is 660 g/mol. The van der Waals surface area contributed by atoms with Gasteiger partial charge in [-0.25, -0.2) is 26.3 Å². The Labute approximate surface area is 254 Å². The third-order valence-corrected chi connectivity index (χ3v) is 6.10. The summed E-state index contributed by atoms with van der Waals surface area (Å²) in [6.07, 6.45) is -8.70. The van der Waals surface area contributed by atoms with Crippen molar-refractivity contribution in [3.8, 4) is 40.2 Å². The molecule has 0 atom stereocenters. The zero-order valence-electron chi connectivity index (χ0n) is 23.3. The lowest BCUT2D eigenvalue weighted by molar-refractivity contribution is -0.276. The Bertz CT molecular complexity index is 1720. The van der Waals surface area contributed by atoms with E-state index in [0.717, 1.165) is 25.0 Å². The lowest BCUT2D eigenvalue weighted by Gasteiger charge is -2.20. The van der Waals surface area contributed by atoms with E-state index in [-0.39, 0.29) is 29.8 Å². The van der Waals surface area contributed by atoms with Crippen LogP contribution in [0.3, 0.4) is 0 Å². The first kappa shape index (κ1) is 34.0. The molecule has 0 aromatic heterocycles. The van der Waals surface area contributed by atoms with Crippen LogP contribution < -0.4 is 14.2 Å². The van der Waals surface area contributed by atoms with Gasteiger partial charge in [0.1, 0.15) is 40.3 Å². The van der Waals surface area contributed by atoms with Crippen LogP contribution in [0, 0.1) is 46.7 Å². The van der Waals surface area contributed by atoms with Crippen molar-refractivity contribution >= 4 is 0 Å². The van der Waals surface area contributed by atoms with Crippen molar-refractivity contribution in [1.29, 1.82) is 0 Å². The number of halogens is 11. The summed E-state index contributed by atoms with van der Waals surface area (Å²) < 4.78 is 165. The molecule has 0 heterocycles. The van der Waals surface area contributed by atoms with Crippen LogP contribution in [-0.4, -0.2) is 13.0 Å². The molecule has 4 rings (SSSR count). The first-order valence-electron chi connectivity index (χ1n) is 13.1. The van der Waals surface area contributed by atoms with Gasteiger partial charge in [0.25, 0.3) is 0 Å². The molecule has 4 aromatic carbocycles. The average molecular weight is 660 g/mol. The van der Waals surface area contributed by atoms with Crippen LogP contribution in [0.5, 0.6) is 17.2 Å². The molecule has 0 N–H and O–H groups in total. The van der Waals surface area contributed by atoms with E-state index in [9.17, 15) is 48.3 Å². The van der Waals surface area contributed by atoms with Crippen molar-refractivity contribution < 1.29 is 62.5 Å². The molecule has 242 valence electrons. The first-order chi connectivity index (χ1) is 21.6. The smallest absolute Gasteiger partial charge is 0.494 e. The molecule has 0 bridgehead atoms. The highest BCUT2D eigenvalue weighted by Crippen LogP contribution is 2.38. The van der Waals surface area contributed by atoms with E-state index in [1.807, 2.05) is 6.92 Å². The van der Waals surface area contributed by atoms with E-state index in [4.69, 9.17) is 4.74 Å². The summed E-state index contributed by atoms with van der Waals surface area (Å²) in [4.78, 5) is 0. The molecule has 0 unspecified atom stereocenters. The van der Waals surface area contributed by atoms with Crippen LogP contribution >= 0.6 is 0 Å². The number of hydrogen-bond donors (Lipinski definition) is 0. The van der Waals surface area contributed by atoms with Gasteiger partial charge in [-0.05, 0) is 53.9 Å². The number of hydrogen-bond acceptors (Lipinski definition) is 3. The van der Waals surface area contributed by atoms with Gasteiger partial charge in [0.05, 0.1) is 12.2 Å². The van der Waals surface area contributed by atoms with Crippen molar-refractivity contribution in [1.82, 2.24) is 0 Å². The predicted molar refractivity (Wildman–Crippen MR) is 142 cm³/mol. The molecule has 4 aromatic rings. The van der Waals surface area contributed by atoms with Crippen LogP contribution in [0.2, 0.25) is 0 Å². The highest BCUT2D eigenvalue weighted by Gasteiger charge is 2.42. The van der Waals surface area contributed by atoms with Crippen LogP contribution in [0.4, 0.5) is 48.3 Å². The highest BCUT2D eigenvalue weighted by molar-refractivity contribution is 5.66. The number of alkyl halides is 5. The zero-order chi connectivity index (χ0) is 33.8. The molecule has 0 spiro atoms. The number of rotatable bonds is 9. The van der Waals surface area contributed by atoms with Crippen LogP contribution in [0.1, 0.15) is 36.5 Å². The van der Waals surface area contributed by atoms with Gasteiger partial charge < -0.3 is 14.2 Å². The van der Waals surface area contributed by atoms with Crippen molar-refractivity contribution in [3.05, 3.63) is 112 Å². The molecule has 3 nitrogen and oxygen atoms in total. The van der Waals surface area contributed by atoms with Gasteiger partial charge in [0, 0.05) is 17.7 Å². The largest absolute Gasteiger partial charge is 0.573 e. The quantitative estimate of drug-likeness (QED) is 0.102. The van der Waals surface area contributed by atoms with Gasteiger partial charge >= 0.3 is 12.5 Å². The van der Waals surface area contributed by atoms with E-state index >= 15 is 0 Å². The lowest BCUT2D eigenvalue weighted by Crippen LogP contribution is -2.25. The first-order valence-corrected chi connectivity index (χ1v) is 13.1. The lowest BCUT2D eigenvalue weighted by atomic mass is 10.0. The molecule has 0 saturated carbocycles. The molecular formula is C32H19F11O3. The Morgan fingerprint density at radius 3 is 1.70 bits per heavy atom. The van der Waals surface area contributed by atoms with Crippen LogP contribution in [0.15, 0.2) is 60.7 Å². The second-order valence-electron chi connectivity index (χ2n) is 9.49. The maximum atomic E-state index is 14.8. The molecule has 0 saturated heterocycles. The molecule has 0 fully saturated rings. The standard InChI is InChI=1S/C32H19F11O3/c1-2-3-10-44-20-7-5-18(6-8-20)19-13-23(33)22(24(34)14-19)9-4-17-11-25(35)29(26(36)12-17)31(39,40)45-21-15-27(37)30(28(38)16-21)46-32(41,42)43/h5-8,11-16H,2-3,10H2,1H3. The van der Waals surface area contributed by atoms with E-state index in [1.165, 1.54) is 0 Å². The van der Waals surface area contributed by atoms with Crippen LogP contribution in [-0.2, 0) is 6.11 Å². The minimum atomic E-state index is -5.53. The minimum absolute atomic E-state index is 0.125. The third kappa shape index (κ3) is 8.21. The van der Waals surface area contributed by atoms with Gasteiger partial charge in [0.2, 0.25) is 5.75 Å². The Morgan fingerprint density at radius 1 is 0.609 bits per heavy atom. The molecular weight excluding hydrogens is 641 g/mol. The van der Waals surface area contributed by atoms with Crippen molar-refractivity contribution in [2.45, 2.75) is 32.2 Å². The van der Waals surface area contributed by atoms with E-state index in [0.29, 0.717) is 17.9 Å². The molecule has 0 aliphatic carbocycles. The summed E-state index contributed by atoms with van der Waals surface area (Å²) in [5, 5.41) is 0. The number of benzene rings is 4. The van der Waals surface area contributed by atoms with E-state index in [1.54, 1.807) is 24.3 Å². The second kappa shape index (κ2) is 13.6. The summed E-state index contributed by atoms with van der Waals surface area (Å²) in [5.74, 6) is -9.17. The molecule has 0 aliphatic heterocycles. The Morgan fingerprint density at radius 2 is 1.17 bits per heavy atom. The SMILES string of the molecule is CCCCOc1ccc(-c2cc(F)c(C#Cc3cc(F)c(C(F)(F)Oc4cc(F)c(OC(F)(F)F)c(F)c4)c(F)c3)c(F)c2)cc1. The predicted octanol–water partition coefficient (Wildman–Crippen LogP) is 9.79. The summed E-state index contributed by atoms with van der Waals surface area (Å²) >= 11 is 0. The third-order valence-electron chi connectivity index (χ3n) is 6.10. The fraction of sp³-hybridized carbons (Fsp3) is 0.188. The Hall–Kier alpha value is -4.93. The highest BCUT2D eigenvalue weighted by atomic mass is 19.4. The molecule has 0 aliphatic rings. The average Bonchev–Trinajstić information content (AvgIpc) is 2.94. The molecule has 0 amide bonds. The maximum absolute atomic E-state index is 14.8. The van der Waals surface area contributed by atoms with Gasteiger partial charge in [-0.15, -0.1) is 13.2 Å². The zero-order valence-corrected chi connectivity index (χ0v) is 23.3. The van der Waals surface area contributed by atoms with Gasteiger partial charge in [-0.2, -0.15) is 8.78 Å². The number of unbranched alkanes of at least 4 members (excludes halogenated alkanes) is 1. The van der Waals surface area contributed by atoms with Gasteiger partial charge in [-0.3, -0.25) is 0 Å². The van der Waals surface area contributed by atoms with E-state index < -0.39 is 75.6 Å². The second-order valence-corrected chi connectivity index (χ2v) is 9.49. The normalized spacial score (nSPS) is 11.6. The van der Waals surface area contributed by atoms with Gasteiger partial charge in [0.15, 0.2) is 11.6 Å². The molecule has 0 radical (unpaired) electrons. The fourth-order valence-corrected chi connectivity index (χ4v) is 4.00. The van der Waals surface area contributed by atoms with Gasteiger partial charge in [-0.1, -0.05) is 37.3 Å². The van der Waals surface area contributed by atoms with Crippen LogP contribution in [0.25, 0.3) is 11.1 Å².